The highest BCUT2D eigenvalue weighted by Gasteiger charge is 2.38. The van der Waals surface area contributed by atoms with E-state index >= 15 is 0 Å². The molecular formula is C25H27Cl2F3N4O5. The highest BCUT2D eigenvalue weighted by atomic mass is 35.5. The number of terminal acetylenes is 1. The van der Waals surface area contributed by atoms with Gasteiger partial charge in [-0.2, -0.15) is 13.2 Å². The Labute approximate surface area is 233 Å². The Kier molecular flexibility index (Phi) is 12.0. The summed E-state index contributed by atoms with van der Waals surface area (Å²) in [5, 5.41) is 25.8. The number of carbonyl (C=O) groups excluding carboxylic acids is 1. The Hall–Kier alpha value is -3.56. The van der Waals surface area contributed by atoms with E-state index < -0.39 is 38.5 Å². The van der Waals surface area contributed by atoms with Crippen molar-refractivity contribution in [2.24, 2.45) is 0 Å². The van der Waals surface area contributed by atoms with Crippen LogP contribution in [-0.2, 0) is 6.18 Å². The van der Waals surface area contributed by atoms with E-state index in [-0.39, 0.29) is 24.7 Å². The van der Waals surface area contributed by atoms with Crippen LogP contribution in [-0.4, -0.2) is 34.4 Å². The molecule has 0 saturated carbocycles. The van der Waals surface area contributed by atoms with Crippen molar-refractivity contribution in [3.8, 4) is 12.3 Å². The summed E-state index contributed by atoms with van der Waals surface area (Å²) in [5.74, 6) is 2.17. The number of alkyl halides is 3. The number of nitro benzene ring substituents is 2. The molecule has 0 aromatic heterocycles. The van der Waals surface area contributed by atoms with E-state index in [9.17, 15) is 38.2 Å². The zero-order valence-corrected chi connectivity index (χ0v) is 23.1. The molecule has 0 saturated heterocycles. The quantitative estimate of drug-likeness (QED) is 0.186. The molecule has 2 rings (SSSR count). The normalized spacial score (nSPS) is 11.1. The first-order valence-electron chi connectivity index (χ1n) is 11.5. The molecule has 0 unspecified atom stereocenters. The van der Waals surface area contributed by atoms with E-state index in [1.54, 1.807) is 26.8 Å². The third kappa shape index (κ3) is 9.92. The van der Waals surface area contributed by atoms with E-state index in [1.807, 2.05) is 6.92 Å². The number of unbranched alkanes of at least 4 members (excludes halogenated alkanes) is 1. The van der Waals surface area contributed by atoms with Gasteiger partial charge in [0, 0.05) is 40.8 Å². The maximum atomic E-state index is 12.8. The van der Waals surface area contributed by atoms with Crippen LogP contribution in [0.15, 0.2) is 30.3 Å². The highest BCUT2D eigenvalue weighted by Crippen LogP contribution is 2.43. The topological polar surface area (TPSA) is 119 Å². The molecule has 0 atom stereocenters. The fourth-order valence-electron chi connectivity index (χ4n) is 3.22. The van der Waals surface area contributed by atoms with Gasteiger partial charge in [0.2, 0.25) is 0 Å². The molecule has 39 heavy (non-hydrogen) atoms. The number of hydrogen-bond donors (Lipinski definition) is 1. The Balaban J connectivity index is 0.000000416. The summed E-state index contributed by atoms with van der Waals surface area (Å²) in [4.78, 5) is 33.4. The molecule has 0 fully saturated rings. The Morgan fingerprint density at radius 3 is 1.87 bits per heavy atom. The van der Waals surface area contributed by atoms with Crippen LogP contribution < -0.4 is 10.2 Å². The first kappa shape index (κ1) is 33.5. The zero-order valence-electron chi connectivity index (χ0n) is 21.6. The van der Waals surface area contributed by atoms with Gasteiger partial charge < -0.3 is 10.2 Å². The number of nitrogens with one attached hydrogen (secondary N) is 1. The van der Waals surface area contributed by atoms with Gasteiger partial charge in [-0.05, 0) is 45.4 Å². The second-order valence-electron chi connectivity index (χ2n) is 8.69. The minimum absolute atomic E-state index is 0.201. The summed E-state index contributed by atoms with van der Waals surface area (Å²) in [7, 11) is 0. The Morgan fingerprint density at radius 1 is 1.03 bits per heavy atom. The van der Waals surface area contributed by atoms with E-state index in [0.717, 1.165) is 6.42 Å². The van der Waals surface area contributed by atoms with Gasteiger partial charge in [-0.3, -0.25) is 25.0 Å². The van der Waals surface area contributed by atoms with Gasteiger partial charge in [-0.15, -0.1) is 6.42 Å². The predicted octanol–water partition coefficient (Wildman–Crippen LogP) is 7.28. The second-order valence-corrected chi connectivity index (χ2v) is 9.56. The molecule has 0 aliphatic carbocycles. The first-order chi connectivity index (χ1) is 18.0. The SMILES string of the molecule is C#CC(C)(C)NC(=O)c1cc(Cl)cc(Cl)c1.CCCCN(CC)c1c([N+](=O)[O-])cc(C(F)(F)F)cc1[N+](=O)[O-]. The smallest absolute Gasteiger partial charge is 0.361 e. The summed E-state index contributed by atoms with van der Waals surface area (Å²) < 4.78 is 38.5. The molecule has 1 N–H and O–H groups in total. The summed E-state index contributed by atoms with van der Waals surface area (Å²) in [6, 6.07) is 5.32. The van der Waals surface area contributed by atoms with Crippen LogP contribution in [0, 0.1) is 32.6 Å². The van der Waals surface area contributed by atoms with Gasteiger partial charge in [-0.25, -0.2) is 0 Å². The predicted molar refractivity (Wildman–Crippen MR) is 144 cm³/mol. The maximum Gasteiger partial charge on any atom is 0.416 e. The Morgan fingerprint density at radius 2 is 1.51 bits per heavy atom. The lowest BCUT2D eigenvalue weighted by Crippen LogP contribution is -2.42. The molecular weight excluding hydrogens is 564 g/mol. The highest BCUT2D eigenvalue weighted by molar-refractivity contribution is 6.35. The lowest BCUT2D eigenvalue weighted by Gasteiger charge is -2.23. The number of carbonyl (C=O) groups is 1. The van der Waals surface area contributed by atoms with Crippen molar-refractivity contribution >= 4 is 46.2 Å². The number of benzene rings is 2. The fraction of sp³-hybridized carbons (Fsp3) is 0.400. The molecule has 0 radical (unpaired) electrons. The second kappa shape index (κ2) is 14.0. The summed E-state index contributed by atoms with van der Waals surface area (Å²) in [6.07, 6.45) is 1.70. The van der Waals surface area contributed by atoms with Crippen molar-refractivity contribution in [2.45, 2.75) is 52.3 Å². The molecule has 0 aliphatic rings. The molecule has 2 aromatic carbocycles. The first-order valence-corrected chi connectivity index (χ1v) is 12.3. The van der Waals surface area contributed by atoms with Crippen molar-refractivity contribution in [3.05, 3.63) is 71.7 Å². The summed E-state index contributed by atoms with van der Waals surface area (Å²) in [6.45, 7) is 7.44. The number of halogens is 5. The van der Waals surface area contributed by atoms with Crippen LogP contribution in [0.1, 0.15) is 56.5 Å². The van der Waals surface area contributed by atoms with E-state index in [0.29, 0.717) is 34.2 Å². The molecule has 0 heterocycles. The van der Waals surface area contributed by atoms with Crippen molar-refractivity contribution < 1.29 is 27.8 Å². The number of amides is 1. The average Bonchev–Trinajstić information content (AvgIpc) is 2.83. The lowest BCUT2D eigenvalue weighted by atomic mass is 10.1. The minimum atomic E-state index is -4.91. The van der Waals surface area contributed by atoms with E-state index in [4.69, 9.17) is 29.6 Å². The number of anilines is 1. The van der Waals surface area contributed by atoms with Crippen molar-refractivity contribution in [1.82, 2.24) is 5.32 Å². The monoisotopic (exact) mass is 590 g/mol. The number of hydrogen-bond acceptors (Lipinski definition) is 6. The number of rotatable bonds is 9. The maximum absolute atomic E-state index is 12.8. The molecule has 9 nitrogen and oxygen atoms in total. The van der Waals surface area contributed by atoms with Crippen LogP contribution in [0.4, 0.5) is 30.2 Å². The summed E-state index contributed by atoms with van der Waals surface area (Å²) >= 11 is 11.6. The third-order valence-corrected chi connectivity index (χ3v) is 5.62. The van der Waals surface area contributed by atoms with Gasteiger partial charge in [0.1, 0.15) is 0 Å². The van der Waals surface area contributed by atoms with Crippen LogP contribution in [0.25, 0.3) is 0 Å². The Bertz CT molecular complexity index is 1210. The molecule has 212 valence electrons. The number of nitro groups is 2. The molecule has 0 aliphatic heterocycles. The van der Waals surface area contributed by atoms with Gasteiger partial charge in [0.25, 0.3) is 17.3 Å². The molecule has 0 bridgehead atoms. The van der Waals surface area contributed by atoms with E-state index in [2.05, 4.69) is 11.2 Å². The molecule has 14 heteroatoms. The van der Waals surface area contributed by atoms with E-state index in [1.165, 1.54) is 17.0 Å². The molecule has 1 amide bonds. The standard InChI is InChI=1S/C13H16F3N3O4.C12H11Cl2NO/c1-3-5-6-17(4-2)12-10(18(20)21)7-9(13(14,15)16)8-11(12)19(22)23;1-4-12(2,3)15-11(16)8-5-9(13)7-10(14)6-8/h7-8H,3-6H2,1-2H3;1,5-7H,2-3H3,(H,15,16). The lowest BCUT2D eigenvalue weighted by molar-refractivity contribution is -0.393. The molecule has 0 spiro atoms. The number of nitrogens with zero attached hydrogens (tertiary/aromatic N) is 3. The van der Waals surface area contributed by atoms with Crippen LogP contribution in [0.3, 0.4) is 0 Å². The van der Waals surface area contributed by atoms with Crippen LogP contribution in [0.2, 0.25) is 10.0 Å². The zero-order chi connectivity index (χ0) is 30.1. The largest absolute Gasteiger partial charge is 0.416 e. The van der Waals surface area contributed by atoms with Crippen molar-refractivity contribution in [3.63, 3.8) is 0 Å². The van der Waals surface area contributed by atoms with Gasteiger partial charge >= 0.3 is 6.18 Å². The summed E-state index contributed by atoms with van der Waals surface area (Å²) in [5.41, 5.74) is -3.93. The van der Waals surface area contributed by atoms with Gasteiger partial charge in [-0.1, -0.05) is 42.5 Å². The average molecular weight is 591 g/mol. The van der Waals surface area contributed by atoms with Crippen molar-refractivity contribution in [2.75, 3.05) is 18.0 Å². The van der Waals surface area contributed by atoms with Crippen LogP contribution >= 0.6 is 23.2 Å². The fourth-order valence-corrected chi connectivity index (χ4v) is 3.75. The van der Waals surface area contributed by atoms with Crippen molar-refractivity contribution in [1.29, 1.82) is 0 Å². The van der Waals surface area contributed by atoms with Crippen LogP contribution in [0.5, 0.6) is 0 Å². The van der Waals surface area contributed by atoms with Gasteiger partial charge in [0.15, 0.2) is 5.69 Å². The third-order valence-electron chi connectivity index (χ3n) is 5.18. The molecule has 2 aromatic rings. The minimum Gasteiger partial charge on any atom is -0.361 e. The van der Waals surface area contributed by atoms with Gasteiger partial charge in [0.05, 0.1) is 20.9 Å².